The van der Waals surface area contributed by atoms with Gasteiger partial charge in [0.05, 0.1) is 6.04 Å². The molecule has 0 aliphatic carbocycles. The number of hydrazine groups is 1. The molecule has 1 unspecified atom stereocenters. The van der Waals surface area contributed by atoms with Gasteiger partial charge in [0.2, 0.25) is 0 Å². The highest BCUT2D eigenvalue weighted by Gasteiger charge is 2.26. The number of anilines is 2. The van der Waals surface area contributed by atoms with Gasteiger partial charge in [-0.3, -0.25) is 0 Å². The molecule has 0 radical (unpaired) electrons. The summed E-state index contributed by atoms with van der Waals surface area (Å²) in [6.45, 7) is 5.36. The second kappa shape index (κ2) is 5.99. The number of rotatable bonds is 4. The molecule has 0 saturated heterocycles. The number of thiophene rings is 1. The molecular weight excluding hydrogens is 282 g/mol. The van der Waals surface area contributed by atoms with Gasteiger partial charge in [-0.05, 0) is 36.8 Å². The van der Waals surface area contributed by atoms with Crippen molar-refractivity contribution >= 4 is 23.0 Å². The van der Waals surface area contributed by atoms with Gasteiger partial charge in [-0.15, -0.1) is 11.3 Å². The summed E-state index contributed by atoms with van der Waals surface area (Å²) in [5, 5.41) is 2.18. The maximum absolute atomic E-state index is 5.55. The molecule has 112 valence electrons. The van der Waals surface area contributed by atoms with E-state index in [2.05, 4.69) is 40.6 Å². The van der Waals surface area contributed by atoms with Gasteiger partial charge in [0.15, 0.2) is 0 Å². The number of aromatic nitrogens is 2. The van der Waals surface area contributed by atoms with E-state index in [0.717, 1.165) is 37.4 Å². The Balaban J connectivity index is 1.95. The van der Waals surface area contributed by atoms with Crippen LogP contribution in [0.25, 0.3) is 0 Å². The molecule has 2 aromatic heterocycles. The Kier molecular flexibility index (Phi) is 4.07. The third-order valence-electron chi connectivity index (χ3n) is 3.95. The van der Waals surface area contributed by atoms with E-state index in [1.807, 2.05) is 17.4 Å². The first-order valence-electron chi connectivity index (χ1n) is 7.40. The molecule has 0 bridgehead atoms. The maximum Gasteiger partial charge on any atom is 0.145 e. The summed E-state index contributed by atoms with van der Waals surface area (Å²) in [6, 6.07) is 4.51. The third-order valence-corrected chi connectivity index (χ3v) is 4.95. The average molecular weight is 303 g/mol. The van der Waals surface area contributed by atoms with Crippen molar-refractivity contribution < 1.29 is 0 Å². The lowest BCUT2D eigenvalue weighted by Crippen LogP contribution is -2.34. The molecule has 0 amide bonds. The summed E-state index contributed by atoms with van der Waals surface area (Å²) >= 11 is 1.85. The van der Waals surface area contributed by atoms with Crippen LogP contribution < -0.4 is 16.2 Å². The predicted octanol–water partition coefficient (Wildman–Crippen LogP) is 2.90. The number of nitrogens with two attached hydrogens (primary N) is 1. The lowest BCUT2D eigenvalue weighted by Gasteiger charge is -2.34. The van der Waals surface area contributed by atoms with Gasteiger partial charge in [0, 0.05) is 23.9 Å². The molecule has 1 aliphatic heterocycles. The molecule has 1 atom stereocenters. The molecule has 2 aromatic rings. The second-order valence-corrected chi connectivity index (χ2v) is 6.34. The molecule has 0 saturated carbocycles. The van der Waals surface area contributed by atoms with E-state index < -0.39 is 0 Å². The van der Waals surface area contributed by atoms with Crippen molar-refractivity contribution in [2.24, 2.45) is 5.84 Å². The zero-order chi connectivity index (χ0) is 14.8. The number of nitrogens with one attached hydrogen (secondary N) is 1. The van der Waals surface area contributed by atoms with Gasteiger partial charge in [0.25, 0.3) is 0 Å². The first kappa shape index (κ1) is 14.3. The zero-order valence-corrected chi connectivity index (χ0v) is 13.3. The van der Waals surface area contributed by atoms with Gasteiger partial charge in [-0.1, -0.05) is 6.92 Å². The van der Waals surface area contributed by atoms with Crippen LogP contribution in [0.15, 0.2) is 17.5 Å². The minimum atomic E-state index is 0.343. The van der Waals surface area contributed by atoms with Crippen molar-refractivity contribution in [1.82, 2.24) is 9.97 Å². The smallest absolute Gasteiger partial charge is 0.145 e. The molecule has 0 spiro atoms. The van der Waals surface area contributed by atoms with Crippen LogP contribution in [0.4, 0.5) is 11.6 Å². The fourth-order valence-corrected chi connectivity index (χ4v) is 3.82. The molecule has 6 heteroatoms. The molecule has 1 aliphatic rings. The molecule has 0 aromatic carbocycles. The van der Waals surface area contributed by atoms with E-state index in [1.54, 1.807) is 0 Å². The number of nitrogen functional groups attached to an aromatic ring is 1. The summed E-state index contributed by atoms with van der Waals surface area (Å²) in [7, 11) is 0. The van der Waals surface area contributed by atoms with Crippen LogP contribution in [0.1, 0.15) is 42.6 Å². The van der Waals surface area contributed by atoms with E-state index in [0.29, 0.717) is 11.9 Å². The minimum absolute atomic E-state index is 0.343. The summed E-state index contributed by atoms with van der Waals surface area (Å²) < 4.78 is 0. The Morgan fingerprint density at radius 3 is 3.10 bits per heavy atom. The molecule has 5 nitrogen and oxygen atoms in total. The van der Waals surface area contributed by atoms with Crippen molar-refractivity contribution in [3.63, 3.8) is 0 Å². The normalized spacial score (nSPS) is 17.7. The standard InChI is InChI=1S/C15H21N5S/c1-3-4-13-17-14(19-16)9-15(18-13)20-7-5-12-11(10(20)2)6-8-21-12/h6,8-10H,3-5,7,16H2,1-2H3,(H,17,18,19). The van der Waals surface area contributed by atoms with Crippen molar-refractivity contribution in [3.05, 3.63) is 33.8 Å². The minimum Gasteiger partial charge on any atom is -0.349 e. The van der Waals surface area contributed by atoms with Gasteiger partial charge in [0.1, 0.15) is 17.5 Å². The lowest BCUT2D eigenvalue weighted by atomic mass is 10.0. The molecule has 0 fully saturated rings. The molecule has 3 rings (SSSR count). The Hall–Kier alpha value is -1.66. The van der Waals surface area contributed by atoms with E-state index in [9.17, 15) is 0 Å². The molecule has 21 heavy (non-hydrogen) atoms. The van der Waals surface area contributed by atoms with E-state index in [4.69, 9.17) is 10.8 Å². The van der Waals surface area contributed by atoms with Crippen molar-refractivity contribution in [2.75, 3.05) is 16.9 Å². The third kappa shape index (κ3) is 2.73. The maximum atomic E-state index is 5.55. The fourth-order valence-electron chi connectivity index (χ4n) is 2.86. The van der Waals surface area contributed by atoms with E-state index in [-0.39, 0.29) is 0 Å². The SMILES string of the molecule is CCCc1nc(NN)cc(N2CCc3sccc3C2C)n1. The monoisotopic (exact) mass is 303 g/mol. The number of nitrogens with zero attached hydrogens (tertiary/aromatic N) is 3. The van der Waals surface area contributed by atoms with Gasteiger partial charge in [-0.2, -0.15) is 0 Å². The lowest BCUT2D eigenvalue weighted by molar-refractivity contribution is 0.621. The van der Waals surface area contributed by atoms with Crippen LogP contribution in [-0.4, -0.2) is 16.5 Å². The highest BCUT2D eigenvalue weighted by Crippen LogP contribution is 2.35. The fraction of sp³-hybridized carbons (Fsp3) is 0.467. The van der Waals surface area contributed by atoms with Crippen LogP contribution >= 0.6 is 11.3 Å². The second-order valence-electron chi connectivity index (χ2n) is 5.34. The van der Waals surface area contributed by atoms with E-state index >= 15 is 0 Å². The first-order valence-corrected chi connectivity index (χ1v) is 8.28. The van der Waals surface area contributed by atoms with Crippen LogP contribution in [-0.2, 0) is 12.8 Å². The van der Waals surface area contributed by atoms with E-state index in [1.165, 1.54) is 10.4 Å². The van der Waals surface area contributed by atoms with Crippen molar-refractivity contribution in [3.8, 4) is 0 Å². The van der Waals surface area contributed by atoms with Crippen molar-refractivity contribution in [1.29, 1.82) is 0 Å². The highest BCUT2D eigenvalue weighted by atomic mass is 32.1. The van der Waals surface area contributed by atoms with Gasteiger partial charge < -0.3 is 10.3 Å². The van der Waals surface area contributed by atoms with Crippen LogP contribution in [0, 0.1) is 0 Å². The Morgan fingerprint density at radius 2 is 2.33 bits per heavy atom. The summed E-state index contributed by atoms with van der Waals surface area (Å²) in [4.78, 5) is 13.0. The summed E-state index contributed by atoms with van der Waals surface area (Å²) in [6.07, 6.45) is 2.97. The number of hydrogen-bond donors (Lipinski definition) is 2. The predicted molar refractivity (Wildman–Crippen MR) is 87.6 cm³/mol. The highest BCUT2D eigenvalue weighted by molar-refractivity contribution is 7.10. The zero-order valence-electron chi connectivity index (χ0n) is 12.5. The number of fused-ring (bicyclic) bond motifs is 1. The molecule has 3 heterocycles. The molecule has 3 N–H and O–H groups in total. The van der Waals surface area contributed by atoms with Gasteiger partial charge in [-0.25, -0.2) is 15.8 Å². The van der Waals surface area contributed by atoms with Crippen LogP contribution in [0.3, 0.4) is 0 Å². The number of hydrogen-bond acceptors (Lipinski definition) is 6. The van der Waals surface area contributed by atoms with Crippen LogP contribution in [0.2, 0.25) is 0 Å². The first-order chi connectivity index (χ1) is 10.2. The average Bonchev–Trinajstić information content (AvgIpc) is 2.97. The van der Waals surface area contributed by atoms with Crippen LogP contribution in [0.5, 0.6) is 0 Å². The van der Waals surface area contributed by atoms with Gasteiger partial charge >= 0.3 is 0 Å². The quantitative estimate of drug-likeness (QED) is 0.671. The summed E-state index contributed by atoms with van der Waals surface area (Å²) in [5.74, 6) is 8.05. The Morgan fingerprint density at radius 1 is 1.48 bits per heavy atom. The number of aryl methyl sites for hydroxylation is 1. The Bertz CT molecular complexity index is 624. The van der Waals surface area contributed by atoms with Crippen molar-refractivity contribution in [2.45, 2.75) is 39.2 Å². The molecular formula is C15H21N5S. The largest absolute Gasteiger partial charge is 0.349 e. The summed E-state index contributed by atoms with van der Waals surface area (Å²) in [5.41, 5.74) is 4.08. The Labute approximate surface area is 129 Å². The topological polar surface area (TPSA) is 67.1 Å².